The quantitative estimate of drug-likeness (QED) is 0.519. The van der Waals surface area contributed by atoms with Gasteiger partial charge < -0.3 is 14.8 Å². The third-order valence-electron chi connectivity index (χ3n) is 7.66. The first kappa shape index (κ1) is 25.4. The first-order chi connectivity index (χ1) is 17.3. The maximum absolute atomic E-state index is 12.8. The van der Waals surface area contributed by atoms with Crippen LogP contribution in [0.5, 0.6) is 5.88 Å². The molecule has 0 spiro atoms. The fourth-order valence-corrected chi connectivity index (χ4v) is 5.74. The van der Waals surface area contributed by atoms with Crippen molar-refractivity contribution < 1.29 is 22.6 Å². The van der Waals surface area contributed by atoms with E-state index in [-0.39, 0.29) is 12.1 Å². The second-order valence-electron chi connectivity index (χ2n) is 10.7. The molecule has 1 aliphatic heterocycles. The molecule has 36 heavy (non-hydrogen) atoms. The molecule has 10 heteroatoms. The number of nitrogens with one attached hydrogen (secondary N) is 1. The number of hydrogen-bond acceptors (Lipinski definition) is 7. The minimum atomic E-state index is -4.25. The molecule has 2 aliphatic carbocycles. The van der Waals surface area contributed by atoms with Gasteiger partial charge in [-0.25, -0.2) is 15.0 Å². The van der Waals surface area contributed by atoms with Gasteiger partial charge in [-0.1, -0.05) is 19.3 Å². The van der Waals surface area contributed by atoms with Gasteiger partial charge in [0.05, 0.1) is 30.5 Å². The van der Waals surface area contributed by atoms with Crippen molar-refractivity contribution in [2.75, 3.05) is 38.2 Å². The fraction of sp³-hybridized carbons (Fsp3) is 0.731. The molecule has 1 N–H and O–H groups in total. The molecule has 7 nitrogen and oxygen atoms in total. The summed E-state index contributed by atoms with van der Waals surface area (Å²) in [6, 6.07) is -0.823. The molecule has 1 saturated heterocycles. The van der Waals surface area contributed by atoms with Gasteiger partial charge in [-0.3, -0.25) is 4.90 Å². The van der Waals surface area contributed by atoms with E-state index in [0.29, 0.717) is 17.7 Å². The molecule has 0 aromatic carbocycles. The molecule has 0 amide bonds. The van der Waals surface area contributed by atoms with Crippen molar-refractivity contribution in [3.63, 3.8) is 0 Å². The molecule has 3 heterocycles. The van der Waals surface area contributed by atoms with E-state index in [2.05, 4.69) is 20.2 Å². The van der Waals surface area contributed by atoms with Crippen LogP contribution in [-0.4, -0.2) is 71.0 Å². The van der Waals surface area contributed by atoms with Crippen molar-refractivity contribution in [1.29, 1.82) is 0 Å². The largest absolute Gasteiger partial charge is 0.474 e. The molecule has 3 fully saturated rings. The number of rotatable bonds is 8. The van der Waals surface area contributed by atoms with E-state index < -0.39 is 18.6 Å². The van der Waals surface area contributed by atoms with E-state index in [1.165, 1.54) is 13.3 Å². The van der Waals surface area contributed by atoms with Crippen molar-refractivity contribution in [3.8, 4) is 5.88 Å². The summed E-state index contributed by atoms with van der Waals surface area (Å²) in [5.74, 6) is 1.69. The van der Waals surface area contributed by atoms with E-state index in [1.807, 2.05) is 6.20 Å². The maximum atomic E-state index is 12.8. The van der Waals surface area contributed by atoms with Crippen LogP contribution in [0.2, 0.25) is 0 Å². The molecule has 1 atom stereocenters. The van der Waals surface area contributed by atoms with Crippen molar-refractivity contribution in [2.24, 2.45) is 5.92 Å². The molecule has 3 aliphatic rings. The first-order valence-corrected chi connectivity index (χ1v) is 13.3. The number of fused-ring (bicyclic) bond motifs is 1. The average Bonchev–Trinajstić information content (AvgIpc) is 2.82. The van der Waals surface area contributed by atoms with E-state index in [4.69, 9.17) is 14.5 Å². The topological polar surface area (TPSA) is 72.4 Å². The highest BCUT2D eigenvalue weighted by Gasteiger charge is 2.34. The zero-order valence-electron chi connectivity index (χ0n) is 20.9. The molecule has 0 radical (unpaired) electrons. The summed E-state index contributed by atoms with van der Waals surface area (Å²) in [6.07, 6.45) is 6.11. The second-order valence-corrected chi connectivity index (χ2v) is 10.7. The minimum Gasteiger partial charge on any atom is -0.474 e. The molecule has 5 rings (SSSR count). The van der Waals surface area contributed by atoms with Gasteiger partial charge >= 0.3 is 6.18 Å². The van der Waals surface area contributed by atoms with Crippen LogP contribution in [0.3, 0.4) is 0 Å². The smallest absolute Gasteiger partial charge is 0.391 e. The van der Waals surface area contributed by atoms with Gasteiger partial charge in [0.1, 0.15) is 6.10 Å². The van der Waals surface area contributed by atoms with Crippen LogP contribution in [0, 0.1) is 5.92 Å². The molecule has 2 aromatic heterocycles. The number of morpholine rings is 1. The standard InChI is InChI=1S/C26H36F3N5O2/c1-17(13-26(27,28)29)32-25-31-15-22-23(33-25)21(19-5-3-2-4-6-19)14-30-24(22)36-20-11-18(12-20)16-34-7-9-35-10-8-34/h14-15,17-20H,2-13,16H2,1H3,(H,31,32,33)/t17-,18?,20?/m0/s1. The van der Waals surface area contributed by atoms with Crippen LogP contribution in [0.1, 0.15) is 69.8 Å². The van der Waals surface area contributed by atoms with E-state index in [0.717, 1.165) is 87.8 Å². The van der Waals surface area contributed by atoms with Crippen molar-refractivity contribution in [3.05, 3.63) is 18.0 Å². The lowest BCUT2D eigenvalue weighted by molar-refractivity contribution is -0.136. The third-order valence-corrected chi connectivity index (χ3v) is 7.66. The SMILES string of the molecule is C[C@@H](CC(F)(F)F)Nc1ncc2c(OC3CC(CN4CCOCC4)C3)ncc(C3CCCCC3)c2n1. The van der Waals surface area contributed by atoms with Crippen LogP contribution in [0.4, 0.5) is 19.1 Å². The van der Waals surface area contributed by atoms with Gasteiger partial charge in [0.15, 0.2) is 0 Å². The number of alkyl halides is 3. The Balaban J connectivity index is 1.31. The molecule has 2 saturated carbocycles. The number of hydrogen-bond donors (Lipinski definition) is 1. The van der Waals surface area contributed by atoms with Gasteiger partial charge in [-0.05, 0) is 44.4 Å². The summed E-state index contributed by atoms with van der Waals surface area (Å²) in [5.41, 5.74) is 1.79. The lowest BCUT2D eigenvalue weighted by atomic mass is 9.81. The zero-order valence-corrected chi connectivity index (χ0v) is 20.9. The number of nitrogens with zero attached hydrogens (tertiary/aromatic N) is 4. The molecule has 2 aromatic rings. The van der Waals surface area contributed by atoms with Crippen LogP contribution >= 0.6 is 0 Å². The van der Waals surface area contributed by atoms with E-state index in [1.54, 1.807) is 6.20 Å². The Morgan fingerprint density at radius 3 is 2.58 bits per heavy atom. The highest BCUT2D eigenvalue weighted by Crippen LogP contribution is 2.39. The molecule has 0 bridgehead atoms. The first-order valence-electron chi connectivity index (χ1n) is 13.3. The highest BCUT2D eigenvalue weighted by atomic mass is 19.4. The number of aromatic nitrogens is 3. The molecular formula is C26H36F3N5O2. The van der Waals surface area contributed by atoms with Crippen molar-refractivity contribution in [2.45, 2.75) is 82.5 Å². The summed E-state index contributed by atoms with van der Waals surface area (Å²) >= 11 is 0. The zero-order chi connectivity index (χ0) is 25.1. The minimum absolute atomic E-state index is 0.108. The summed E-state index contributed by atoms with van der Waals surface area (Å²) in [4.78, 5) is 16.2. The molecular weight excluding hydrogens is 471 g/mol. The van der Waals surface area contributed by atoms with Crippen molar-refractivity contribution >= 4 is 16.9 Å². The average molecular weight is 508 g/mol. The summed E-state index contributed by atoms with van der Waals surface area (Å²) < 4.78 is 50.2. The molecule has 0 unspecified atom stereocenters. The lowest BCUT2D eigenvalue weighted by Gasteiger charge is -2.39. The second kappa shape index (κ2) is 11.0. The Bertz CT molecular complexity index is 1020. The van der Waals surface area contributed by atoms with Crippen LogP contribution in [0.15, 0.2) is 12.4 Å². The normalized spacial score (nSPS) is 24.9. The molecule has 198 valence electrons. The summed E-state index contributed by atoms with van der Waals surface area (Å²) in [5, 5.41) is 3.57. The number of halogens is 3. The van der Waals surface area contributed by atoms with Gasteiger partial charge in [-0.15, -0.1) is 0 Å². The highest BCUT2D eigenvalue weighted by molar-refractivity contribution is 5.86. The number of pyridine rings is 1. The number of anilines is 1. The third kappa shape index (κ3) is 6.37. The predicted molar refractivity (Wildman–Crippen MR) is 131 cm³/mol. The van der Waals surface area contributed by atoms with Gasteiger partial charge in [0, 0.05) is 43.6 Å². The lowest BCUT2D eigenvalue weighted by Crippen LogP contribution is -2.45. The monoisotopic (exact) mass is 507 g/mol. The van der Waals surface area contributed by atoms with Crippen LogP contribution < -0.4 is 10.1 Å². The Hall–Kier alpha value is -2.20. The summed E-state index contributed by atoms with van der Waals surface area (Å²) in [7, 11) is 0. The Kier molecular flexibility index (Phi) is 7.81. The predicted octanol–water partition coefficient (Wildman–Crippen LogP) is 5.31. The summed E-state index contributed by atoms with van der Waals surface area (Å²) in [6.45, 7) is 6.17. The van der Waals surface area contributed by atoms with Gasteiger partial charge in [0.25, 0.3) is 0 Å². The fourth-order valence-electron chi connectivity index (χ4n) is 5.74. The van der Waals surface area contributed by atoms with Gasteiger partial charge in [0.2, 0.25) is 11.8 Å². The van der Waals surface area contributed by atoms with Crippen molar-refractivity contribution in [1.82, 2.24) is 19.9 Å². The Morgan fingerprint density at radius 1 is 1.11 bits per heavy atom. The Morgan fingerprint density at radius 2 is 1.86 bits per heavy atom. The Labute approximate surface area is 210 Å². The number of ether oxygens (including phenoxy) is 2. The maximum Gasteiger partial charge on any atom is 0.391 e. The van der Waals surface area contributed by atoms with E-state index in [9.17, 15) is 13.2 Å². The van der Waals surface area contributed by atoms with Crippen LogP contribution in [-0.2, 0) is 4.74 Å². The van der Waals surface area contributed by atoms with Gasteiger partial charge in [-0.2, -0.15) is 13.2 Å². The van der Waals surface area contributed by atoms with Crippen LogP contribution in [0.25, 0.3) is 10.9 Å². The van der Waals surface area contributed by atoms with E-state index >= 15 is 0 Å².